The summed E-state index contributed by atoms with van der Waals surface area (Å²) in [5.74, 6) is 0.762. The van der Waals surface area contributed by atoms with Crippen molar-refractivity contribution >= 4 is 16.3 Å². The van der Waals surface area contributed by atoms with Crippen LogP contribution in [0.1, 0.15) is 31.1 Å². The minimum atomic E-state index is -0.300. The molecule has 0 atom stereocenters. The predicted molar refractivity (Wildman–Crippen MR) is 82.1 cm³/mol. The van der Waals surface area contributed by atoms with Gasteiger partial charge in [0.2, 0.25) is 0 Å². The summed E-state index contributed by atoms with van der Waals surface area (Å²) in [7, 11) is 0. The third kappa shape index (κ3) is 4.54. The number of hydrogen-bond donors (Lipinski definition) is 1. The minimum Gasteiger partial charge on any atom is -0.317 e. The first kappa shape index (κ1) is 15.4. The van der Waals surface area contributed by atoms with E-state index in [1.807, 2.05) is 6.07 Å². The lowest BCUT2D eigenvalue weighted by molar-refractivity contribution is -0.380. The molecule has 1 N–H and O–H groups in total. The van der Waals surface area contributed by atoms with E-state index in [4.69, 9.17) is 0 Å². The molecule has 1 aromatic rings. The smallest absolute Gasteiger partial charge is 0.317 e. The first-order valence-electron chi connectivity index (χ1n) is 7.35. The van der Waals surface area contributed by atoms with E-state index in [9.17, 15) is 10.1 Å². The van der Waals surface area contributed by atoms with Crippen molar-refractivity contribution in [3.8, 4) is 0 Å². The summed E-state index contributed by atoms with van der Waals surface area (Å²) >= 11 is 1.30. The Hall–Kier alpha value is -0.980. The fraction of sp³-hybridized carbons (Fsp3) is 0.714. The molecule has 0 radical (unpaired) electrons. The molecule has 0 aromatic carbocycles. The van der Waals surface area contributed by atoms with Crippen molar-refractivity contribution < 1.29 is 4.92 Å². The quantitative estimate of drug-likeness (QED) is 0.621. The molecule has 0 amide bonds. The maximum Gasteiger partial charge on any atom is 0.324 e. The van der Waals surface area contributed by atoms with E-state index >= 15 is 0 Å². The lowest BCUT2D eigenvalue weighted by Gasteiger charge is -2.29. The molecule has 1 saturated heterocycles. The van der Waals surface area contributed by atoms with Crippen LogP contribution in [0.15, 0.2) is 12.1 Å². The normalized spacial score (nSPS) is 16.7. The molecule has 2 heterocycles. The zero-order chi connectivity index (χ0) is 14.4. The fourth-order valence-corrected chi connectivity index (χ4v) is 3.61. The number of hydrogen-bond acceptors (Lipinski definition) is 5. The number of thiophene rings is 1. The van der Waals surface area contributed by atoms with Crippen LogP contribution in [0.4, 0.5) is 5.00 Å². The average molecular weight is 297 g/mol. The van der Waals surface area contributed by atoms with E-state index in [1.54, 1.807) is 6.07 Å². The average Bonchev–Trinajstić information content (AvgIpc) is 2.89. The van der Waals surface area contributed by atoms with Crippen LogP contribution >= 0.6 is 11.3 Å². The molecule has 0 bridgehead atoms. The molecular formula is C14H23N3O2S. The molecule has 20 heavy (non-hydrogen) atoms. The Balaban J connectivity index is 1.91. The van der Waals surface area contributed by atoms with Crippen LogP contribution in [0.2, 0.25) is 0 Å². The highest BCUT2D eigenvalue weighted by molar-refractivity contribution is 7.15. The summed E-state index contributed by atoms with van der Waals surface area (Å²) in [6.45, 7) is 7.45. The summed E-state index contributed by atoms with van der Waals surface area (Å²) in [6, 6.07) is 3.52. The van der Waals surface area contributed by atoms with Crippen molar-refractivity contribution in [2.24, 2.45) is 5.92 Å². The summed E-state index contributed by atoms with van der Waals surface area (Å²) < 4.78 is 0. The van der Waals surface area contributed by atoms with E-state index in [0.717, 1.165) is 49.9 Å². The molecule has 6 heteroatoms. The molecule has 1 aliphatic rings. The van der Waals surface area contributed by atoms with Gasteiger partial charge in [-0.3, -0.25) is 15.0 Å². The van der Waals surface area contributed by atoms with Crippen LogP contribution in [0.3, 0.4) is 0 Å². The van der Waals surface area contributed by atoms with Gasteiger partial charge in [0.05, 0.1) is 4.92 Å². The fourth-order valence-electron chi connectivity index (χ4n) is 2.75. The molecular weight excluding hydrogens is 274 g/mol. The summed E-state index contributed by atoms with van der Waals surface area (Å²) in [6.07, 6.45) is 3.61. The molecule has 112 valence electrons. The Morgan fingerprint density at radius 2 is 2.20 bits per heavy atom. The minimum absolute atomic E-state index is 0.248. The van der Waals surface area contributed by atoms with Crippen molar-refractivity contribution in [2.75, 3.05) is 26.2 Å². The van der Waals surface area contributed by atoms with Crippen LogP contribution in [0.25, 0.3) is 0 Å². The van der Waals surface area contributed by atoms with Gasteiger partial charge in [0, 0.05) is 24.0 Å². The monoisotopic (exact) mass is 297 g/mol. The maximum absolute atomic E-state index is 10.7. The molecule has 2 rings (SSSR count). The van der Waals surface area contributed by atoms with Gasteiger partial charge in [-0.15, -0.1) is 0 Å². The highest BCUT2D eigenvalue weighted by Crippen LogP contribution is 2.25. The van der Waals surface area contributed by atoms with Gasteiger partial charge in [-0.2, -0.15) is 0 Å². The van der Waals surface area contributed by atoms with E-state index in [0.29, 0.717) is 0 Å². The molecule has 0 spiro atoms. The van der Waals surface area contributed by atoms with Gasteiger partial charge < -0.3 is 5.32 Å². The third-order valence-electron chi connectivity index (χ3n) is 3.72. The van der Waals surface area contributed by atoms with Crippen LogP contribution in [-0.2, 0) is 6.54 Å². The summed E-state index contributed by atoms with van der Waals surface area (Å²) in [5, 5.41) is 14.4. The van der Waals surface area contributed by atoms with Gasteiger partial charge in [-0.1, -0.05) is 18.3 Å². The van der Waals surface area contributed by atoms with Gasteiger partial charge in [0.1, 0.15) is 0 Å². The molecule has 1 aliphatic heterocycles. The van der Waals surface area contributed by atoms with Gasteiger partial charge >= 0.3 is 5.00 Å². The van der Waals surface area contributed by atoms with Crippen molar-refractivity contribution in [1.29, 1.82) is 0 Å². The Morgan fingerprint density at radius 1 is 1.45 bits per heavy atom. The van der Waals surface area contributed by atoms with E-state index in [-0.39, 0.29) is 9.92 Å². The Morgan fingerprint density at radius 3 is 2.80 bits per heavy atom. The van der Waals surface area contributed by atoms with Crippen LogP contribution in [0.5, 0.6) is 0 Å². The first-order valence-corrected chi connectivity index (χ1v) is 8.17. The third-order valence-corrected chi connectivity index (χ3v) is 4.74. The number of nitrogens with zero attached hydrogens (tertiary/aromatic N) is 2. The zero-order valence-corrected chi connectivity index (χ0v) is 12.8. The largest absolute Gasteiger partial charge is 0.324 e. The molecule has 0 aliphatic carbocycles. The number of nitro groups is 1. The van der Waals surface area contributed by atoms with E-state index < -0.39 is 0 Å². The SMILES string of the molecule is CCCN(Cc1ccc([N+](=O)[O-])s1)CC1CCNCC1. The topological polar surface area (TPSA) is 58.4 Å². The predicted octanol–water partition coefficient (Wildman–Crippen LogP) is 2.87. The Bertz CT molecular complexity index is 430. The van der Waals surface area contributed by atoms with E-state index in [1.165, 1.54) is 24.2 Å². The standard InChI is InChI=1S/C14H23N3O2S/c1-2-9-16(10-12-5-7-15-8-6-12)11-13-3-4-14(20-13)17(18)19/h3-4,12,15H,2,5-11H2,1H3. The van der Waals surface area contributed by atoms with Gasteiger partial charge in [0.15, 0.2) is 0 Å². The van der Waals surface area contributed by atoms with E-state index in [2.05, 4.69) is 17.1 Å². The van der Waals surface area contributed by atoms with Gasteiger partial charge in [-0.25, -0.2) is 0 Å². The summed E-state index contributed by atoms with van der Waals surface area (Å²) in [5.41, 5.74) is 0. The molecule has 1 aromatic heterocycles. The maximum atomic E-state index is 10.7. The lowest BCUT2D eigenvalue weighted by atomic mass is 9.97. The lowest BCUT2D eigenvalue weighted by Crippen LogP contribution is -2.36. The van der Waals surface area contributed by atoms with Crippen molar-refractivity contribution in [2.45, 2.75) is 32.7 Å². The van der Waals surface area contributed by atoms with Crippen molar-refractivity contribution in [1.82, 2.24) is 10.2 Å². The zero-order valence-electron chi connectivity index (χ0n) is 12.0. The van der Waals surface area contributed by atoms with Crippen LogP contribution in [-0.4, -0.2) is 36.0 Å². The highest BCUT2D eigenvalue weighted by Gasteiger charge is 2.18. The van der Waals surface area contributed by atoms with Gasteiger partial charge in [0.25, 0.3) is 0 Å². The van der Waals surface area contributed by atoms with Crippen LogP contribution < -0.4 is 5.32 Å². The Kier molecular flexibility index (Phi) is 5.94. The van der Waals surface area contributed by atoms with Crippen LogP contribution in [0, 0.1) is 16.0 Å². The first-order chi connectivity index (χ1) is 9.69. The molecule has 0 saturated carbocycles. The summed E-state index contributed by atoms with van der Waals surface area (Å²) in [4.78, 5) is 14.0. The Labute approximate surface area is 124 Å². The second-order valence-electron chi connectivity index (χ2n) is 5.43. The number of rotatable bonds is 7. The second-order valence-corrected chi connectivity index (χ2v) is 6.57. The number of nitrogens with one attached hydrogen (secondary N) is 1. The molecule has 0 unspecified atom stereocenters. The second kappa shape index (κ2) is 7.71. The highest BCUT2D eigenvalue weighted by atomic mass is 32.1. The molecule has 1 fully saturated rings. The number of piperidine rings is 1. The van der Waals surface area contributed by atoms with Crippen molar-refractivity contribution in [3.63, 3.8) is 0 Å². The van der Waals surface area contributed by atoms with Gasteiger partial charge in [-0.05, 0) is 50.9 Å². The molecule has 5 nitrogen and oxygen atoms in total. The van der Waals surface area contributed by atoms with Crippen molar-refractivity contribution in [3.05, 3.63) is 27.1 Å².